The zero-order valence-corrected chi connectivity index (χ0v) is 11.0. The van der Waals surface area contributed by atoms with Crippen molar-refractivity contribution >= 4 is 16.0 Å². The van der Waals surface area contributed by atoms with Gasteiger partial charge in [0.1, 0.15) is 6.54 Å². The average molecular weight is 251 g/mol. The number of hydrogen-bond acceptors (Lipinski definition) is 4. The van der Waals surface area contributed by atoms with Gasteiger partial charge in [0.15, 0.2) is 0 Å². The van der Waals surface area contributed by atoms with Crippen molar-refractivity contribution in [3.63, 3.8) is 0 Å². The highest BCUT2D eigenvalue weighted by molar-refractivity contribution is 7.89. The molecule has 5 nitrogen and oxygen atoms in total. The number of carbonyl (C=O) groups excluding carboxylic acids is 1. The Morgan fingerprint density at radius 1 is 1.25 bits per heavy atom. The van der Waals surface area contributed by atoms with Gasteiger partial charge >= 0.3 is 5.97 Å². The van der Waals surface area contributed by atoms with E-state index in [4.69, 9.17) is 0 Å². The van der Waals surface area contributed by atoms with Gasteiger partial charge in [-0.25, -0.2) is 8.42 Å². The zero-order valence-electron chi connectivity index (χ0n) is 10.2. The lowest BCUT2D eigenvalue weighted by atomic mass is 10.4. The maximum atomic E-state index is 11.8. The van der Waals surface area contributed by atoms with Gasteiger partial charge in [0.2, 0.25) is 10.0 Å². The van der Waals surface area contributed by atoms with Crippen LogP contribution in [0.2, 0.25) is 0 Å². The molecule has 0 spiro atoms. The summed E-state index contributed by atoms with van der Waals surface area (Å²) in [4.78, 5) is 11.1. The molecule has 0 radical (unpaired) electrons. The summed E-state index contributed by atoms with van der Waals surface area (Å²) in [6.07, 6.45) is 2.11. The summed E-state index contributed by atoms with van der Waals surface area (Å²) in [7, 11) is -2.06. The van der Waals surface area contributed by atoms with E-state index >= 15 is 0 Å². The molecule has 0 aliphatic heterocycles. The van der Waals surface area contributed by atoms with Crippen molar-refractivity contribution in [3.8, 4) is 0 Å². The Balaban J connectivity index is 4.55. The van der Waals surface area contributed by atoms with Crippen LogP contribution >= 0.6 is 0 Å². The van der Waals surface area contributed by atoms with Gasteiger partial charge in [-0.2, -0.15) is 4.31 Å². The molecule has 0 unspecified atom stereocenters. The third-order valence-electron chi connectivity index (χ3n) is 2.16. The Morgan fingerprint density at radius 3 is 2.31 bits per heavy atom. The van der Waals surface area contributed by atoms with Crippen molar-refractivity contribution in [1.82, 2.24) is 4.31 Å². The number of hydrogen-bond donors (Lipinski definition) is 0. The molecule has 0 fully saturated rings. The molecule has 0 aliphatic carbocycles. The number of carbonyl (C=O) groups is 1. The van der Waals surface area contributed by atoms with Crippen LogP contribution < -0.4 is 0 Å². The summed E-state index contributed by atoms with van der Waals surface area (Å²) >= 11 is 0. The molecule has 0 saturated carbocycles. The molecule has 0 aliphatic rings. The molecule has 0 aromatic carbocycles. The summed E-state index contributed by atoms with van der Waals surface area (Å²) in [5.74, 6) is -0.422. The van der Waals surface area contributed by atoms with Gasteiger partial charge in [-0.05, 0) is 12.8 Å². The first-order chi connectivity index (χ1) is 7.47. The van der Waals surface area contributed by atoms with E-state index in [0.29, 0.717) is 19.4 Å². The van der Waals surface area contributed by atoms with E-state index in [2.05, 4.69) is 4.74 Å². The van der Waals surface area contributed by atoms with Crippen LogP contribution in [0.25, 0.3) is 0 Å². The minimum Gasteiger partial charge on any atom is -0.468 e. The number of ether oxygens (including phenoxy) is 1. The lowest BCUT2D eigenvalue weighted by Crippen LogP contribution is -2.38. The number of sulfonamides is 1. The second-order valence-corrected chi connectivity index (χ2v) is 5.67. The maximum absolute atomic E-state index is 11.8. The van der Waals surface area contributed by atoms with Crippen LogP contribution in [-0.2, 0) is 19.6 Å². The molecule has 0 N–H and O–H groups in total. The molecule has 0 atom stereocenters. The Morgan fingerprint density at radius 2 is 1.88 bits per heavy atom. The highest BCUT2D eigenvalue weighted by Crippen LogP contribution is 2.06. The van der Waals surface area contributed by atoms with Crippen molar-refractivity contribution in [2.75, 3.05) is 26.0 Å². The Bertz CT molecular complexity index is 300. The SMILES string of the molecule is CCCCS(=O)(=O)N(CCC)CC(=O)OC. The first-order valence-electron chi connectivity index (χ1n) is 5.52. The maximum Gasteiger partial charge on any atom is 0.321 e. The van der Waals surface area contributed by atoms with Gasteiger partial charge in [0.25, 0.3) is 0 Å². The van der Waals surface area contributed by atoms with Gasteiger partial charge in [-0.3, -0.25) is 4.79 Å². The zero-order chi connectivity index (χ0) is 12.6. The first kappa shape index (κ1) is 15.4. The molecule has 6 heteroatoms. The largest absolute Gasteiger partial charge is 0.468 e. The molecule has 96 valence electrons. The topological polar surface area (TPSA) is 63.7 Å². The van der Waals surface area contributed by atoms with Gasteiger partial charge in [0.05, 0.1) is 12.9 Å². The predicted molar refractivity (Wildman–Crippen MR) is 62.6 cm³/mol. The highest BCUT2D eigenvalue weighted by Gasteiger charge is 2.23. The third-order valence-corrected chi connectivity index (χ3v) is 4.06. The predicted octanol–water partition coefficient (Wildman–Crippen LogP) is 1.00. The van der Waals surface area contributed by atoms with Gasteiger partial charge in [-0.1, -0.05) is 20.3 Å². The van der Waals surface area contributed by atoms with Crippen LogP contribution in [0.5, 0.6) is 0 Å². The van der Waals surface area contributed by atoms with Crippen LogP contribution in [-0.4, -0.2) is 44.6 Å². The normalized spacial score (nSPS) is 11.8. The molecular formula is C10H21NO4S. The highest BCUT2D eigenvalue weighted by atomic mass is 32.2. The van der Waals surface area contributed by atoms with Crippen LogP contribution in [0.15, 0.2) is 0 Å². The van der Waals surface area contributed by atoms with Crippen molar-refractivity contribution in [2.45, 2.75) is 33.1 Å². The monoisotopic (exact) mass is 251 g/mol. The lowest BCUT2D eigenvalue weighted by molar-refractivity contribution is -0.140. The van der Waals surface area contributed by atoms with E-state index in [9.17, 15) is 13.2 Å². The number of rotatable bonds is 8. The average Bonchev–Trinajstić information content (AvgIpc) is 2.25. The molecule has 0 aromatic rings. The Kier molecular flexibility index (Phi) is 7.33. The molecular weight excluding hydrogens is 230 g/mol. The van der Waals surface area contributed by atoms with E-state index in [1.165, 1.54) is 11.4 Å². The molecule has 0 heterocycles. The standard InChI is InChI=1S/C10H21NO4S/c1-4-6-8-16(13,14)11(7-5-2)9-10(12)15-3/h4-9H2,1-3H3. The molecule has 0 amide bonds. The fourth-order valence-electron chi connectivity index (χ4n) is 1.23. The number of nitrogens with zero attached hydrogens (tertiary/aromatic N) is 1. The van der Waals surface area contributed by atoms with Crippen LogP contribution in [0.3, 0.4) is 0 Å². The number of esters is 1. The fourth-order valence-corrected chi connectivity index (χ4v) is 2.90. The Hall–Kier alpha value is -0.620. The van der Waals surface area contributed by atoms with Gasteiger partial charge in [0, 0.05) is 6.54 Å². The first-order valence-corrected chi connectivity index (χ1v) is 7.13. The smallest absolute Gasteiger partial charge is 0.321 e. The summed E-state index contributed by atoms with van der Waals surface area (Å²) in [6, 6.07) is 0. The number of methoxy groups -OCH3 is 1. The molecule has 0 bridgehead atoms. The van der Waals surface area contributed by atoms with E-state index in [1.54, 1.807) is 0 Å². The fraction of sp³-hybridized carbons (Fsp3) is 0.900. The van der Waals surface area contributed by atoms with Crippen molar-refractivity contribution in [3.05, 3.63) is 0 Å². The molecule has 0 aromatic heterocycles. The second-order valence-electron chi connectivity index (χ2n) is 3.58. The van der Waals surface area contributed by atoms with E-state index in [0.717, 1.165) is 6.42 Å². The van der Waals surface area contributed by atoms with Crippen molar-refractivity contribution in [1.29, 1.82) is 0 Å². The summed E-state index contributed by atoms with van der Waals surface area (Å²) in [5.41, 5.74) is 0. The van der Waals surface area contributed by atoms with Gasteiger partial charge < -0.3 is 4.74 Å². The van der Waals surface area contributed by atoms with Crippen LogP contribution in [0.4, 0.5) is 0 Å². The molecule has 16 heavy (non-hydrogen) atoms. The van der Waals surface area contributed by atoms with Gasteiger partial charge in [-0.15, -0.1) is 0 Å². The summed E-state index contributed by atoms with van der Waals surface area (Å²) in [6.45, 7) is 3.98. The third kappa shape index (κ3) is 5.46. The van der Waals surface area contributed by atoms with Crippen molar-refractivity contribution in [2.24, 2.45) is 0 Å². The summed E-state index contributed by atoms with van der Waals surface area (Å²) < 4.78 is 29.4. The second kappa shape index (κ2) is 7.62. The van der Waals surface area contributed by atoms with E-state index in [-0.39, 0.29) is 12.3 Å². The minimum absolute atomic E-state index is 0.0977. The van der Waals surface area contributed by atoms with E-state index in [1.807, 2.05) is 13.8 Å². The molecule has 0 saturated heterocycles. The van der Waals surface area contributed by atoms with Crippen LogP contribution in [0.1, 0.15) is 33.1 Å². The van der Waals surface area contributed by atoms with Crippen molar-refractivity contribution < 1.29 is 17.9 Å². The summed E-state index contributed by atoms with van der Waals surface area (Å²) in [5, 5.41) is 0. The van der Waals surface area contributed by atoms with Crippen LogP contribution in [0, 0.1) is 0 Å². The quantitative estimate of drug-likeness (QED) is 0.604. The molecule has 0 rings (SSSR count). The Labute approximate surface area is 97.8 Å². The number of unbranched alkanes of at least 4 members (excludes halogenated alkanes) is 1. The van der Waals surface area contributed by atoms with E-state index < -0.39 is 16.0 Å². The minimum atomic E-state index is -3.32. The lowest BCUT2D eigenvalue weighted by Gasteiger charge is -2.20.